The smallest absolute Gasteiger partial charge is 0.0617 e. The number of nitrogen functional groups attached to an aromatic ring is 1. The van der Waals surface area contributed by atoms with E-state index in [0.717, 1.165) is 23.5 Å². The second-order valence-corrected chi connectivity index (χ2v) is 16.9. The summed E-state index contributed by atoms with van der Waals surface area (Å²) >= 11 is 0. The second kappa shape index (κ2) is 13.5. The van der Waals surface area contributed by atoms with E-state index in [-0.39, 0.29) is 5.41 Å². The molecule has 1 unspecified atom stereocenters. The highest BCUT2D eigenvalue weighted by molar-refractivity contribution is 6.13. The molecule has 3 N–H and O–H groups in total. The van der Waals surface area contributed by atoms with Crippen LogP contribution in [0.15, 0.2) is 182 Å². The zero-order valence-corrected chi connectivity index (χ0v) is 33.6. The number of para-hydroxylation sites is 2. The highest BCUT2D eigenvalue weighted by Gasteiger charge is 2.43. The third-order valence-electron chi connectivity index (χ3n) is 13.0. The van der Waals surface area contributed by atoms with Crippen LogP contribution in [0.3, 0.4) is 0 Å². The van der Waals surface area contributed by atoms with Gasteiger partial charge in [-0.1, -0.05) is 147 Å². The summed E-state index contributed by atoms with van der Waals surface area (Å²) in [5.74, 6) is 0.310. The average Bonchev–Trinajstić information content (AvgIpc) is 3.70. The van der Waals surface area contributed by atoms with Crippen LogP contribution in [0.25, 0.3) is 49.5 Å². The highest BCUT2D eigenvalue weighted by Crippen LogP contribution is 2.58. The van der Waals surface area contributed by atoms with Gasteiger partial charge in [-0.3, -0.25) is 0 Å². The summed E-state index contributed by atoms with van der Waals surface area (Å²) in [6, 6.07) is 63.5. The molecule has 3 heteroatoms. The van der Waals surface area contributed by atoms with Crippen molar-refractivity contribution >= 4 is 66.8 Å². The summed E-state index contributed by atoms with van der Waals surface area (Å²) in [7, 11) is 0. The van der Waals surface area contributed by atoms with Gasteiger partial charge in [0, 0.05) is 28.4 Å². The minimum Gasteiger partial charge on any atom is -0.397 e. The molecule has 59 heavy (non-hydrogen) atoms. The predicted molar refractivity (Wildman–Crippen MR) is 251 cm³/mol. The lowest BCUT2D eigenvalue weighted by molar-refractivity contribution is 0.660. The van der Waals surface area contributed by atoms with E-state index in [1.807, 2.05) is 36.4 Å². The maximum absolute atomic E-state index is 5.92. The number of nitrogens with one attached hydrogen (secondary N) is 1. The molecule has 1 aliphatic heterocycles. The summed E-state index contributed by atoms with van der Waals surface area (Å²) in [6.45, 7) is 6.94. The van der Waals surface area contributed by atoms with Crippen molar-refractivity contribution < 1.29 is 0 Å². The van der Waals surface area contributed by atoms with Crippen molar-refractivity contribution in [3.8, 4) is 11.1 Å². The van der Waals surface area contributed by atoms with E-state index in [1.165, 1.54) is 93.9 Å². The number of rotatable bonds is 3. The maximum Gasteiger partial charge on any atom is 0.0617 e. The molecule has 12 rings (SSSR count). The van der Waals surface area contributed by atoms with E-state index in [1.54, 1.807) is 0 Å². The number of nitrogens with two attached hydrogens (primary N) is 1. The first-order valence-electron chi connectivity index (χ1n) is 20.7. The van der Waals surface area contributed by atoms with Crippen molar-refractivity contribution in [2.24, 2.45) is 0 Å². The van der Waals surface area contributed by atoms with Crippen molar-refractivity contribution in [1.82, 2.24) is 0 Å². The van der Waals surface area contributed by atoms with Crippen LogP contribution in [0, 0.1) is 6.92 Å². The lowest BCUT2D eigenvalue weighted by Gasteiger charge is -2.29. The van der Waals surface area contributed by atoms with Crippen LogP contribution in [-0.4, -0.2) is 0 Å². The van der Waals surface area contributed by atoms with Gasteiger partial charge in [0.1, 0.15) is 0 Å². The van der Waals surface area contributed by atoms with Gasteiger partial charge in [0.05, 0.1) is 17.1 Å². The molecule has 0 amide bonds. The minimum absolute atomic E-state index is 0.0303. The summed E-state index contributed by atoms with van der Waals surface area (Å²) in [6.07, 6.45) is 3.52. The number of benzene rings is 9. The first-order chi connectivity index (χ1) is 28.8. The minimum atomic E-state index is -0.0303. The molecule has 0 bridgehead atoms. The molecule has 3 nitrogen and oxygen atoms in total. The molecule has 2 aliphatic carbocycles. The topological polar surface area (TPSA) is 41.3 Å². The first-order valence-corrected chi connectivity index (χ1v) is 20.7. The maximum atomic E-state index is 5.92. The molecule has 1 heterocycles. The number of fused-ring (bicyclic) bond motifs is 13. The number of hydrogen-bond donors (Lipinski definition) is 2. The molecule has 0 saturated carbocycles. The highest BCUT2D eigenvalue weighted by atomic mass is 15.2. The Bertz CT molecular complexity index is 3170. The van der Waals surface area contributed by atoms with E-state index in [2.05, 4.69) is 177 Å². The molecule has 0 aromatic heterocycles. The summed E-state index contributed by atoms with van der Waals surface area (Å²) < 4.78 is 0. The Hall–Kier alpha value is -7.10. The van der Waals surface area contributed by atoms with E-state index >= 15 is 0 Å². The lowest BCUT2D eigenvalue weighted by Crippen LogP contribution is -2.18. The molecule has 0 spiro atoms. The van der Waals surface area contributed by atoms with E-state index in [4.69, 9.17) is 5.73 Å². The van der Waals surface area contributed by atoms with Crippen LogP contribution < -0.4 is 16.0 Å². The summed E-state index contributed by atoms with van der Waals surface area (Å²) in [4.78, 5) is 2.56. The molecule has 1 atom stereocenters. The third kappa shape index (κ3) is 5.64. The molecular formula is C56H45N3. The van der Waals surface area contributed by atoms with Gasteiger partial charge < -0.3 is 16.0 Å². The predicted octanol–water partition coefficient (Wildman–Crippen LogP) is 14.6. The van der Waals surface area contributed by atoms with Gasteiger partial charge in [-0.2, -0.15) is 0 Å². The summed E-state index contributed by atoms with van der Waals surface area (Å²) in [5, 5.41) is 11.2. The molecule has 284 valence electrons. The Kier molecular flexibility index (Phi) is 8.03. The van der Waals surface area contributed by atoms with E-state index in [0.29, 0.717) is 5.92 Å². The van der Waals surface area contributed by atoms with Crippen LogP contribution in [0.4, 0.5) is 28.4 Å². The Balaban J connectivity index is 0.000000185. The standard InChI is InChI=1S/C40H31N.C16H14N2/c1-24-16-18-25(19-17-24)41-38-22-32-29-13-7-5-11-27(29)26-10-4-6-12-28(26)31(32)20-34(38)35-21-33-30-14-8-9-15-36(30)40(2,3)37(33)23-39(35)41;17-15-7-3-4-8-16(15)18-14-10-9-12-5-1-2-6-13(12)11-14/h4-19,21-23,34H,20H2,1-3H3;1-11,18H,17H2. The average molecular weight is 760 g/mol. The largest absolute Gasteiger partial charge is 0.397 e. The Morgan fingerprint density at radius 1 is 0.593 bits per heavy atom. The van der Waals surface area contributed by atoms with E-state index in [9.17, 15) is 0 Å². The monoisotopic (exact) mass is 759 g/mol. The Morgan fingerprint density at radius 3 is 2.05 bits per heavy atom. The molecular weight excluding hydrogens is 715 g/mol. The van der Waals surface area contributed by atoms with Crippen LogP contribution in [0.2, 0.25) is 0 Å². The number of hydrogen-bond acceptors (Lipinski definition) is 3. The van der Waals surface area contributed by atoms with Crippen molar-refractivity contribution in [3.63, 3.8) is 0 Å². The molecule has 9 aromatic carbocycles. The van der Waals surface area contributed by atoms with Crippen LogP contribution >= 0.6 is 0 Å². The fraction of sp³-hybridized carbons (Fsp3) is 0.107. The lowest BCUT2D eigenvalue weighted by atomic mass is 9.78. The fourth-order valence-electron chi connectivity index (χ4n) is 10.1. The molecule has 3 aliphatic rings. The van der Waals surface area contributed by atoms with Crippen molar-refractivity contribution in [3.05, 3.63) is 215 Å². The number of nitrogens with zero attached hydrogens (tertiary/aromatic N) is 1. The zero-order chi connectivity index (χ0) is 39.8. The van der Waals surface area contributed by atoms with Gasteiger partial charge in [0.15, 0.2) is 0 Å². The zero-order valence-electron chi connectivity index (χ0n) is 33.6. The number of anilines is 5. The van der Waals surface area contributed by atoms with Gasteiger partial charge >= 0.3 is 0 Å². The third-order valence-corrected chi connectivity index (χ3v) is 13.0. The molecule has 9 aromatic rings. The first kappa shape index (κ1) is 35.1. The quantitative estimate of drug-likeness (QED) is 0.139. The number of allylic oxidation sites excluding steroid dienone is 1. The van der Waals surface area contributed by atoms with Gasteiger partial charge in [0.2, 0.25) is 0 Å². The van der Waals surface area contributed by atoms with Crippen molar-refractivity contribution in [2.45, 2.75) is 38.5 Å². The molecule has 0 saturated heterocycles. The van der Waals surface area contributed by atoms with Gasteiger partial charge in [-0.05, 0) is 139 Å². The van der Waals surface area contributed by atoms with Gasteiger partial charge in [-0.25, -0.2) is 0 Å². The van der Waals surface area contributed by atoms with Crippen LogP contribution in [0.1, 0.15) is 53.1 Å². The van der Waals surface area contributed by atoms with Crippen LogP contribution in [0.5, 0.6) is 0 Å². The summed E-state index contributed by atoms with van der Waals surface area (Å²) in [5.41, 5.74) is 23.9. The normalized spacial score (nSPS) is 15.4. The van der Waals surface area contributed by atoms with Crippen molar-refractivity contribution in [2.75, 3.05) is 16.0 Å². The second-order valence-electron chi connectivity index (χ2n) is 16.9. The van der Waals surface area contributed by atoms with Crippen molar-refractivity contribution in [1.29, 1.82) is 0 Å². The Labute approximate surface area is 346 Å². The Morgan fingerprint density at radius 2 is 1.25 bits per heavy atom. The molecule has 0 radical (unpaired) electrons. The number of aryl methyl sites for hydroxylation is 1. The fourth-order valence-corrected chi connectivity index (χ4v) is 10.1. The van der Waals surface area contributed by atoms with E-state index < -0.39 is 0 Å². The SMILES string of the molecule is Cc1ccc(N2C3=Cc4c(c5ccccc5c5ccccc45)CC3c3cc4c(cc32)C(C)(C)c2ccccc2-4)cc1.Nc1ccccc1Nc1ccc2ccccc2c1. The van der Waals surface area contributed by atoms with Crippen LogP contribution in [-0.2, 0) is 11.8 Å². The van der Waals surface area contributed by atoms with Gasteiger partial charge in [-0.15, -0.1) is 0 Å². The molecule has 0 fully saturated rings. The van der Waals surface area contributed by atoms with Gasteiger partial charge in [0.25, 0.3) is 0 Å².